The molecule has 1 saturated heterocycles. The third-order valence-electron chi connectivity index (χ3n) is 6.56. The molecule has 0 spiro atoms. The maximum Gasteiger partial charge on any atom is 0.246 e. The van der Waals surface area contributed by atoms with E-state index in [0.29, 0.717) is 32.7 Å². The van der Waals surface area contributed by atoms with E-state index in [9.17, 15) is 9.90 Å². The number of phenolic OH excluding ortho intramolecular Hbond substituents is 1. The number of carbonyl (C=O) groups is 1. The molecule has 0 atom stereocenters. The van der Waals surface area contributed by atoms with E-state index in [4.69, 9.17) is 9.84 Å². The molecular formula is C30H30N4O3. The lowest BCUT2D eigenvalue weighted by Gasteiger charge is -2.35. The number of hydrogen-bond donors (Lipinski definition) is 1. The molecule has 5 rings (SSSR count). The van der Waals surface area contributed by atoms with Gasteiger partial charge in [-0.25, -0.2) is 0 Å². The average molecular weight is 495 g/mol. The molecule has 1 fully saturated rings. The predicted molar refractivity (Wildman–Crippen MR) is 146 cm³/mol. The fraction of sp³-hybridized carbons (Fsp3) is 0.200. The average Bonchev–Trinajstić information content (AvgIpc) is 3.34. The largest absolute Gasteiger partial charge is 0.506 e. The molecule has 0 saturated carbocycles. The SMILES string of the molecule is COc1ccccc1-c1nn(Cc2ccccc2)cc1/C=C/C(=O)N1CCN(c2ccccc2O)CC1. The third-order valence-corrected chi connectivity index (χ3v) is 6.56. The van der Waals surface area contributed by atoms with E-state index in [1.54, 1.807) is 19.3 Å². The van der Waals surface area contributed by atoms with E-state index in [1.807, 2.05) is 82.5 Å². The molecule has 1 aromatic heterocycles. The van der Waals surface area contributed by atoms with E-state index < -0.39 is 0 Å². The lowest BCUT2D eigenvalue weighted by atomic mass is 10.1. The van der Waals surface area contributed by atoms with Crippen molar-refractivity contribution in [1.29, 1.82) is 0 Å². The van der Waals surface area contributed by atoms with Gasteiger partial charge in [-0.1, -0.05) is 54.6 Å². The van der Waals surface area contributed by atoms with Crippen molar-refractivity contribution in [2.45, 2.75) is 6.54 Å². The molecule has 4 aromatic rings. The first-order chi connectivity index (χ1) is 18.1. The number of rotatable bonds is 7. The van der Waals surface area contributed by atoms with Crippen LogP contribution in [0.2, 0.25) is 0 Å². The number of carbonyl (C=O) groups excluding carboxylic acids is 1. The van der Waals surface area contributed by atoms with Crippen LogP contribution in [0.4, 0.5) is 5.69 Å². The van der Waals surface area contributed by atoms with Gasteiger partial charge in [0, 0.05) is 49.6 Å². The second kappa shape index (κ2) is 11.0. The molecule has 1 amide bonds. The quantitative estimate of drug-likeness (QED) is 0.378. The van der Waals surface area contributed by atoms with Gasteiger partial charge in [-0.2, -0.15) is 5.10 Å². The maximum atomic E-state index is 13.1. The molecule has 0 unspecified atom stereocenters. The van der Waals surface area contributed by atoms with Crippen LogP contribution < -0.4 is 9.64 Å². The van der Waals surface area contributed by atoms with Crippen LogP contribution in [-0.4, -0.2) is 59.0 Å². The van der Waals surface area contributed by atoms with Gasteiger partial charge in [-0.15, -0.1) is 0 Å². The lowest BCUT2D eigenvalue weighted by Crippen LogP contribution is -2.48. The maximum absolute atomic E-state index is 13.1. The molecule has 0 aliphatic carbocycles. The summed E-state index contributed by atoms with van der Waals surface area (Å²) in [6.45, 7) is 3.13. The van der Waals surface area contributed by atoms with Crippen LogP contribution in [0.25, 0.3) is 17.3 Å². The van der Waals surface area contributed by atoms with Crippen LogP contribution in [0.3, 0.4) is 0 Å². The Kier molecular flexibility index (Phi) is 7.21. The number of aromatic hydroxyl groups is 1. The number of para-hydroxylation sites is 3. The first-order valence-electron chi connectivity index (χ1n) is 12.4. The summed E-state index contributed by atoms with van der Waals surface area (Å²) in [4.78, 5) is 17.0. The first-order valence-corrected chi connectivity index (χ1v) is 12.4. The van der Waals surface area contributed by atoms with Crippen LogP contribution in [0, 0.1) is 0 Å². The zero-order chi connectivity index (χ0) is 25.6. The Morgan fingerprint density at radius 3 is 2.41 bits per heavy atom. The van der Waals surface area contributed by atoms with Crippen molar-refractivity contribution in [3.8, 4) is 22.8 Å². The summed E-state index contributed by atoms with van der Waals surface area (Å²) < 4.78 is 7.48. The minimum Gasteiger partial charge on any atom is -0.506 e. The number of benzene rings is 3. The third kappa shape index (κ3) is 5.51. The summed E-state index contributed by atoms with van der Waals surface area (Å²) in [5.74, 6) is 0.950. The van der Waals surface area contributed by atoms with Gasteiger partial charge in [0.05, 0.1) is 19.3 Å². The summed E-state index contributed by atoms with van der Waals surface area (Å²) in [6, 6.07) is 25.2. The Morgan fingerprint density at radius 1 is 0.946 bits per heavy atom. The Labute approximate surface area is 216 Å². The Hall–Kier alpha value is -4.52. The van der Waals surface area contributed by atoms with Crippen LogP contribution in [-0.2, 0) is 11.3 Å². The van der Waals surface area contributed by atoms with Crippen LogP contribution >= 0.6 is 0 Å². The number of nitrogens with zero attached hydrogens (tertiary/aromatic N) is 4. The monoisotopic (exact) mass is 494 g/mol. The zero-order valence-corrected chi connectivity index (χ0v) is 20.8. The van der Waals surface area contributed by atoms with Crippen molar-refractivity contribution in [1.82, 2.24) is 14.7 Å². The van der Waals surface area contributed by atoms with Crippen molar-refractivity contribution in [3.63, 3.8) is 0 Å². The van der Waals surface area contributed by atoms with Crippen molar-refractivity contribution in [2.75, 3.05) is 38.2 Å². The molecule has 7 heteroatoms. The minimum atomic E-state index is -0.0429. The van der Waals surface area contributed by atoms with E-state index in [1.165, 1.54) is 0 Å². The van der Waals surface area contributed by atoms with Crippen molar-refractivity contribution in [2.24, 2.45) is 0 Å². The molecule has 1 aliphatic heterocycles. The van der Waals surface area contributed by atoms with E-state index in [-0.39, 0.29) is 11.7 Å². The minimum absolute atomic E-state index is 0.0429. The summed E-state index contributed by atoms with van der Waals surface area (Å²) in [5, 5.41) is 15.0. The zero-order valence-electron chi connectivity index (χ0n) is 20.8. The Morgan fingerprint density at radius 2 is 1.65 bits per heavy atom. The van der Waals surface area contributed by atoms with Gasteiger partial charge in [0.15, 0.2) is 0 Å². The van der Waals surface area contributed by atoms with E-state index in [2.05, 4.69) is 17.0 Å². The van der Waals surface area contributed by atoms with Crippen LogP contribution in [0.1, 0.15) is 11.1 Å². The van der Waals surface area contributed by atoms with Crippen molar-refractivity contribution in [3.05, 3.63) is 102 Å². The number of ether oxygens (including phenoxy) is 1. The lowest BCUT2D eigenvalue weighted by molar-refractivity contribution is -0.126. The summed E-state index contributed by atoms with van der Waals surface area (Å²) in [5.41, 5.74) is 4.44. The topological polar surface area (TPSA) is 70.8 Å². The molecular weight excluding hydrogens is 464 g/mol. The number of anilines is 1. The number of phenols is 1. The highest BCUT2D eigenvalue weighted by Gasteiger charge is 2.22. The van der Waals surface area contributed by atoms with E-state index >= 15 is 0 Å². The number of aromatic nitrogens is 2. The van der Waals surface area contributed by atoms with Gasteiger partial charge < -0.3 is 19.6 Å². The van der Waals surface area contributed by atoms with Crippen LogP contribution in [0.15, 0.2) is 91.1 Å². The number of methoxy groups -OCH3 is 1. The molecule has 0 bridgehead atoms. The van der Waals surface area contributed by atoms with E-state index in [0.717, 1.165) is 33.8 Å². The molecule has 188 valence electrons. The smallest absolute Gasteiger partial charge is 0.246 e. The second-order valence-corrected chi connectivity index (χ2v) is 8.95. The fourth-order valence-corrected chi connectivity index (χ4v) is 4.63. The summed E-state index contributed by atoms with van der Waals surface area (Å²) in [7, 11) is 1.65. The van der Waals surface area contributed by atoms with Gasteiger partial charge >= 0.3 is 0 Å². The van der Waals surface area contributed by atoms with Crippen LogP contribution in [0.5, 0.6) is 11.5 Å². The molecule has 7 nitrogen and oxygen atoms in total. The highest BCUT2D eigenvalue weighted by Crippen LogP contribution is 2.32. The Balaban J connectivity index is 1.34. The summed E-state index contributed by atoms with van der Waals surface area (Å²) in [6.07, 6.45) is 5.43. The number of amides is 1. The fourth-order valence-electron chi connectivity index (χ4n) is 4.63. The molecule has 1 N–H and O–H groups in total. The predicted octanol–water partition coefficient (Wildman–Crippen LogP) is 4.67. The van der Waals surface area contributed by atoms with Gasteiger partial charge in [0.1, 0.15) is 17.2 Å². The Bertz CT molecular complexity index is 1390. The molecule has 0 radical (unpaired) electrons. The molecule has 3 aromatic carbocycles. The van der Waals surface area contributed by atoms with Crippen molar-refractivity contribution < 1.29 is 14.6 Å². The van der Waals surface area contributed by atoms with Crippen molar-refractivity contribution >= 4 is 17.7 Å². The second-order valence-electron chi connectivity index (χ2n) is 8.95. The first kappa shape index (κ1) is 24.2. The van der Waals surface area contributed by atoms with Gasteiger partial charge in [0.2, 0.25) is 5.91 Å². The van der Waals surface area contributed by atoms with Gasteiger partial charge in [0.25, 0.3) is 0 Å². The molecule has 37 heavy (non-hydrogen) atoms. The highest BCUT2D eigenvalue weighted by atomic mass is 16.5. The number of hydrogen-bond acceptors (Lipinski definition) is 5. The summed E-state index contributed by atoms with van der Waals surface area (Å²) >= 11 is 0. The van der Waals surface area contributed by atoms with Gasteiger partial charge in [-0.05, 0) is 35.9 Å². The molecule has 1 aliphatic rings. The standard InChI is InChI=1S/C30H30N4O3/c1-37-28-14-8-5-11-25(28)30-24(22-34(31-30)21-23-9-3-2-4-10-23)15-16-29(36)33-19-17-32(18-20-33)26-12-6-7-13-27(26)35/h2-16,22,35H,17-21H2,1H3/b16-15+. The normalized spacial score (nSPS) is 13.8. The highest BCUT2D eigenvalue weighted by molar-refractivity contribution is 5.93. The molecule has 2 heterocycles. The van der Waals surface area contributed by atoms with Gasteiger partial charge in [-0.3, -0.25) is 9.48 Å². The number of piperazine rings is 1.